The smallest absolute Gasteiger partial charge is 0.392 e. The molecule has 0 spiro atoms. The van der Waals surface area contributed by atoms with E-state index in [-0.39, 0.29) is 29.2 Å². The zero-order valence-electron chi connectivity index (χ0n) is 15.8. The van der Waals surface area contributed by atoms with E-state index in [9.17, 15) is 23.1 Å². The number of hydrogen-bond donors (Lipinski definition) is 2. The maximum absolute atomic E-state index is 13.6. The molecular formula is C22H15BrF3N3O2. The number of benzene rings is 3. The van der Waals surface area contributed by atoms with Gasteiger partial charge >= 0.3 is 6.18 Å². The number of anilines is 1. The van der Waals surface area contributed by atoms with Crippen molar-refractivity contribution >= 4 is 38.6 Å². The van der Waals surface area contributed by atoms with Crippen LogP contribution in [-0.4, -0.2) is 20.6 Å². The topological polar surface area (TPSA) is 67.2 Å². The number of rotatable bonds is 4. The number of carbonyl (C=O) groups excluding carboxylic acids is 1. The summed E-state index contributed by atoms with van der Waals surface area (Å²) in [4.78, 5) is 16.2. The van der Waals surface area contributed by atoms with Gasteiger partial charge in [-0.2, -0.15) is 13.2 Å². The molecule has 0 bridgehead atoms. The first-order valence-corrected chi connectivity index (χ1v) is 9.93. The number of fused-ring (bicyclic) bond motifs is 1. The van der Waals surface area contributed by atoms with Gasteiger partial charge in [0, 0.05) is 15.8 Å². The molecule has 0 aliphatic rings. The molecule has 5 nitrogen and oxygen atoms in total. The van der Waals surface area contributed by atoms with Crippen LogP contribution in [0.1, 0.15) is 21.7 Å². The first-order valence-electron chi connectivity index (χ1n) is 9.13. The lowest BCUT2D eigenvalue weighted by Crippen LogP contribution is -2.14. The summed E-state index contributed by atoms with van der Waals surface area (Å²) in [6, 6.07) is 17.4. The van der Waals surface area contributed by atoms with Gasteiger partial charge < -0.3 is 10.4 Å². The number of aliphatic hydroxyl groups excluding tert-OH is 1. The van der Waals surface area contributed by atoms with Crippen LogP contribution in [0.15, 0.2) is 71.2 Å². The summed E-state index contributed by atoms with van der Waals surface area (Å²) < 4.78 is 42.6. The molecular weight excluding hydrogens is 475 g/mol. The van der Waals surface area contributed by atoms with Crippen molar-refractivity contribution in [3.8, 4) is 5.69 Å². The van der Waals surface area contributed by atoms with Gasteiger partial charge in [-0.1, -0.05) is 18.2 Å². The van der Waals surface area contributed by atoms with Crippen LogP contribution in [0.3, 0.4) is 0 Å². The van der Waals surface area contributed by atoms with Gasteiger partial charge in [0.25, 0.3) is 5.91 Å². The maximum atomic E-state index is 13.6. The molecule has 0 aliphatic carbocycles. The molecule has 158 valence electrons. The number of alkyl halides is 3. The highest BCUT2D eigenvalue weighted by atomic mass is 79.9. The van der Waals surface area contributed by atoms with Gasteiger partial charge in [0.05, 0.1) is 23.2 Å². The van der Waals surface area contributed by atoms with Crippen molar-refractivity contribution < 1.29 is 23.1 Å². The molecule has 2 N–H and O–H groups in total. The highest BCUT2D eigenvalue weighted by Crippen LogP contribution is 2.34. The molecule has 0 fully saturated rings. The molecule has 0 saturated heterocycles. The van der Waals surface area contributed by atoms with Crippen molar-refractivity contribution in [1.29, 1.82) is 0 Å². The Labute approximate surface area is 183 Å². The molecule has 1 heterocycles. The molecule has 31 heavy (non-hydrogen) atoms. The van der Waals surface area contributed by atoms with E-state index < -0.39 is 12.0 Å². The van der Waals surface area contributed by atoms with E-state index in [1.165, 1.54) is 36.4 Å². The summed E-state index contributed by atoms with van der Waals surface area (Å²) in [6.45, 7) is -0.296. The van der Waals surface area contributed by atoms with Gasteiger partial charge in [0.2, 0.25) is 5.82 Å². The van der Waals surface area contributed by atoms with E-state index in [0.29, 0.717) is 21.3 Å². The van der Waals surface area contributed by atoms with Crippen molar-refractivity contribution in [3.63, 3.8) is 0 Å². The lowest BCUT2D eigenvalue weighted by atomic mass is 10.2. The molecule has 0 atom stereocenters. The number of nitrogens with zero attached hydrogens (tertiary/aromatic N) is 2. The van der Waals surface area contributed by atoms with Gasteiger partial charge in [-0.3, -0.25) is 9.36 Å². The Bertz CT molecular complexity index is 1270. The zero-order valence-corrected chi connectivity index (χ0v) is 17.4. The van der Waals surface area contributed by atoms with Crippen molar-refractivity contribution in [2.75, 3.05) is 5.32 Å². The number of carbonyl (C=O) groups is 1. The van der Waals surface area contributed by atoms with Crippen LogP contribution in [-0.2, 0) is 12.8 Å². The third-order valence-electron chi connectivity index (χ3n) is 4.66. The average Bonchev–Trinajstić information content (AvgIpc) is 3.14. The minimum Gasteiger partial charge on any atom is -0.392 e. The number of nitrogens with one attached hydrogen (secondary N) is 1. The number of imidazole rings is 1. The SMILES string of the molecule is O=C(Nc1ccc(-n2c(C(F)(F)F)nc3cc(CO)ccc32)cc1)c1ccccc1Br. The fraction of sp³-hybridized carbons (Fsp3) is 0.0909. The predicted octanol–water partition coefficient (Wildman–Crippen LogP) is 5.55. The van der Waals surface area contributed by atoms with E-state index in [4.69, 9.17) is 0 Å². The molecule has 3 aromatic carbocycles. The maximum Gasteiger partial charge on any atom is 0.450 e. The van der Waals surface area contributed by atoms with Gasteiger partial charge in [0.1, 0.15) is 0 Å². The second kappa shape index (κ2) is 8.16. The molecule has 0 saturated carbocycles. The zero-order chi connectivity index (χ0) is 22.2. The van der Waals surface area contributed by atoms with Gasteiger partial charge in [-0.05, 0) is 70.0 Å². The summed E-state index contributed by atoms with van der Waals surface area (Å²) in [5.41, 5.74) is 1.97. The highest BCUT2D eigenvalue weighted by Gasteiger charge is 2.38. The van der Waals surface area contributed by atoms with E-state index in [0.717, 1.165) is 4.57 Å². The standard InChI is InChI=1S/C22H15BrF3N3O2/c23-17-4-2-1-3-16(17)20(31)27-14-6-8-15(9-7-14)29-19-10-5-13(12-30)11-18(19)28-21(29)22(24,25)26/h1-11,30H,12H2,(H,27,31). The summed E-state index contributed by atoms with van der Waals surface area (Å²) in [5, 5.41) is 12.0. The summed E-state index contributed by atoms with van der Waals surface area (Å²) >= 11 is 3.31. The number of aliphatic hydroxyl groups is 1. The first-order chi connectivity index (χ1) is 14.8. The molecule has 4 rings (SSSR count). The lowest BCUT2D eigenvalue weighted by Gasteiger charge is -2.13. The number of aromatic nitrogens is 2. The fourth-order valence-corrected chi connectivity index (χ4v) is 3.68. The molecule has 4 aromatic rings. The van der Waals surface area contributed by atoms with E-state index in [1.807, 2.05) is 0 Å². The molecule has 0 aliphatic heterocycles. The Morgan fingerprint density at radius 3 is 2.42 bits per heavy atom. The number of amides is 1. The van der Waals surface area contributed by atoms with Crippen LogP contribution >= 0.6 is 15.9 Å². The number of hydrogen-bond acceptors (Lipinski definition) is 3. The molecule has 0 radical (unpaired) electrons. The lowest BCUT2D eigenvalue weighted by molar-refractivity contribution is -0.145. The Balaban J connectivity index is 1.70. The van der Waals surface area contributed by atoms with E-state index in [1.54, 1.807) is 30.3 Å². The van der Waals surface area contributed by atoms with Crippen LogP contribution in [0, 0.1) is 0 Å². The quantitative estimate of drug-likeness (QED) is 0.394. The van der Waals surface area contributed by atoms with Crippen LogP contribution in [0.2, 0.25) is 0 Å². The highest BCUT2D eigenvalue weighted by molar-refractivity contribution is 9.10. The van der Waals surface area contributed by atoms with E-state index in [2.05, 4.69) is 26.2 Å². The molecule has 1 aromatic heterocycles. The Hall–Kier alpha value is -3.17. The van der Waals surface area contributed by atoms with Crippen molar-refractivity contribution in [1.82, 2.24) is 9.55 Å². The number of halogens is 4. The van der Waals surface area contributed by atoms with E-state index >= 15 is 0 Å². The fourth-order valence-electron chi connectivity index (χ4n) is 3.21. The van der Waals surface area contributed by atoms with Gasteiger partial charge in [-0.15, -0.1) is 0 Å². The third kappa shape index (κ3) is 4.19. The van der Waals surface area contributed by atoms with Crippen molar-refractivity contribution in [2.24, 2.45) is 0 Å². The van der Waals surface area contributed by atoms with Crippen LogP contribution < -0.4 is 5.32 Å². The predicted molar refractivity (Wildman–Crippen MR) is 114 cm³/mol. The molecule has 0 unspecified atom stereocenters. The second-order valence-corrected chi connectivity index (χ2v) is 7.58. The summed E-state index contributed by atoms with van der Waals surface area (Å²) in [7, 11) is 0. The van der Waals surface area contributed by atoms with Gasteiger partial charge in [0.15, 0.2) is 0 Å². The molecule has 9 heteroatoms. The Kier molecular flexibility index (Phi) is 5.55. The minimum absolute atomic E-state index is 0.130. The van der Waals surface area contributed by atoms with Crippen LogP contribution in [0.5, 0.6) is 0 Å². The first kappa shape index (κ1) is 21.1. The average molecular weight is 490 g/mol. The summed E-state index contributed by atoms with van der Waals surface area (Å²) in [5.74, 6) is -1.41. The largest absolute Gasteiger partial charge is 0.450 e. The Morgan fingerprint density at radius 1 is 1.06 bits per heavy atom. The normalized spacial score (nSPS) is 11.6. The molecule has 1 amide bonds. The monoisotopic (exact) mass is 489 g/mol. The third-order valence-corrected chi connectivity index (χ3v) is 5.35. The van der Waals surface area contributed by atoms with Gasteiger partial charge in [-0.25, -0.2) is 4.98 Å². The van der Waals surface area contributed by atoms with Crippen LogP contribution in [0.25, 0.3) is 16.7 Å². The summed E-state index contributed by atoms with van der Waals surface area (Å²) in [6.07, 6.45) is -4.68. The minimum atomic E-state index is -4.68. The van der Waals surface area contributed by atoms with Crippen LogP contribution in [0.4, 0.5) is 18.9 Å². The van der Waals surface area contributed by atoms with Crippen molar-refractivity contribution in [3.05, 3.63) is 88.2 Å². The van der Waals surface area contributed by atoms with Crippen molar-refractivity contribution in [2.45, 2.75) is 12.8 Å². The Morgan fingerprint density at radius 2 is 1.77 bits per heavy atom. The second-order valence-electron chi connectivity index (χ2n) is 6.73.